The van der Waals surface area contributed by atoms with E-state index in [0.29, 0.717) is 12.5 Å². The van der Waals surface area contributed by atoms with Crippen LogP contribution in [0.25, 0.3) is 0 Å². The number of hydrogen-bond donors (Lipinski definition) is 2. The summed E-state index contributed by atoms with van der Waals surface area (Å²) in [5.74, 6) is -1.77. The van der Waals surface area contributed by atoms with Crippen LogP contribution in [0.15, 0.2) is 23.1 Å². The summed E-state index contributed by atoms with van der Waals surface area (Å²) in [4.78, 5) is -0.493. The molecule has 1 rings (SSSR count). The fourth-order valence-electron chi connectivity index (χ4n) is 1.70. The molecular weight excluding hydrogens is 276 g/mol. The molecule has 0 bridgehead atoms. The van der Waals surface area contributed by atoms with Crippen LogP contribution < -0.4 is 4.72 Å². The SMILES string of the molecule is CC(C)CC(CO)NS(=O)(=O)c1cc(F)cc(F)c1. The standard InChI is InChI=1S/C12H17F2NO3S/c1-8(2)3-11(7-16)15-19(17,18)12-5-9(13)4-10(14)6-12/h4-6,8,11,15-16H,3,7H2,1-2H3. The Hall–Kier alpha value is -1.05. The Bertz CT molecular complexity index is 512. The van der Waals surface area contributed by atoms with Crippen LogP contribution in [-0.4, -0.2) is 26.2 Å². The Labute approximate surface area is 111 Å². The van der Waals surface area contributed by atoms with Crippen molar-refractivity contribution in [3.05, 3.63) is 29.8 Å². The molecule has 0 saturated heterocycles. The minimum absolute atomic E-state index is 0.170. The highest BCUT2D eigenvalue weighted by Gasteiger charge is 2.21. The van der Waals surface area contributed by atoms with Crippen molar-refractivity contribution in [2.24, 2.45) is 5.92 Å². The first kappa shape index (κ1) is 16.0. The molecule has 1 aromatic rings. The Morgan fingerprint density at radius 1 is 1.21 bits per heavy atom. The van der Waals surface area contributed by atoms with Gasteiger partial charge < -0.3 is 5.11 Å². The van der Waals surface area contributed by atoms with Gasteiger partial charge in [-0.05, 0) is 24.5 Å². The quantitative estimate of drug-likeness (QED) is 0.838. The number of benzene rings is 1. The molecule has 0 fully saturated rings. The maximum atomic E-state index is 13.0. The van der Waals surface area contributed by atoms with Gasteiger partial charge in [-0.15, -0.1) is 0 Å². The van der Waals surface area contributed by atoms with Crippen LogP contribution in [0.4, 0.5) is 8.78 Å². The molecule has 0 spiro atoms. The van der Waals surface area contributed by atoms with E-state index in [1.165, 1.54) is 0 Å². The number of rotatable bonds is 6. The van der Waals surface area contributed by atoms with E-state index in [9.17, 15) is 17.2 Å². The second-order valence-corrected chi connectivity index (χ2v) is 6.45. The first-order chi connectivity index (χ1) is 8.74. The summed E-state index contributed by atoms with van der Waals surface area (Å²) in [6.07, 6.45) is 0.424. The molecule has 7 heteroatoms. The normalized spacial score (nSPS) is 13.8. The maximum Gasteiger partial charge on any atom is 0.241 e. The van der Waals surface area contributed by atoms with Crippen LogP contribution in [0, 0.1) is 17.6 Å². The van der Waals surface area contributed by atoms with Crippen molar-refractivity contribution in [2.75, 3.05) is 6.61 Å². The average molecular weight is 293 g/mol. The topological polar surface area (TPSA) is 66.4 Å². The fourth-order valence-corrected chi connectivity index (χ4v) is 2.98. The Morgan fingerprint density at radius 2 is 1.74 bits per heavy atom. The Balaban J connectivity index is 2.96. The highest BCUT2D eigenvalue weighted by molar-refractivity contribution is 7.89. The van der Waals surface area contributed by atoms with Crippen LogP contribution in [0.5, 0.6) is 0 Å². The van der Waals surface area contributed by atoms with Crippen LogP contribution in [0.3, 0.4) is 0 Å². The number of halogens is 2. The van der Waals surface area contributed by atoms with Gasteiger partial charge in [-0.25, -0.2) is 21.9 Å². The molecule has 2 N–H and O–H groups in total. The van der Waals surface area contributed by atoms with Crippen molar-refractivity contribution in [2.45, 2.75) is 31.2 Å². The maximum absolute atomic E-state index is 13.0. The van der Waals surface area contributed by atoms with Crippen LogP contribution in [0.1, 0.15) is 20.3 Å². The second kappa shape index (κ2) is 6.40. The number of aliphatic hydroxyl groups excluding tert-OH is 1. The van der Waals surface area contributed by atoms with E-state index in [-0.39, 0.29) is 12.5 Å². The van der Waals surface area contributed by atoms with Gasteiger partial charge in [-0.2, -0.15) is 0 Å². The smallest absolute Gasteiger partial charge is 0.241 e. The molecule has 0 aliphatic carbocycles. The summed E-state index contributed by atoms with van der Waals surface area (Å²) < 4.78 is 52.1. The minimum atomic E-state index is -4.05. The van der Waals surface area contributed by atoms with Crippen LogP contribution >= 0.6 is 0 Å². The molecular formula is C12H17F2NO3S. The third kappa shape index (κ3) is 4.85. The van der Waals surface area contributed by atoms with E-state index in [2.05, 4.69) is 4.72 Å². The van der Waals surface area contributed by atoms with Crippen molar-refractivity contribution >= 4 is 10.0 Å². The average Bonchev–Trinajstić information content (AvgIpc) is 2.25. The van der Waals surface area contributed by atoms with Gasteiger partial charge in [-0.1, -0.05) is 13.8 Å². The Morgan fingerprint density at radius 3 is 2.16 bits per heavy atom. The van der Waals surface area contributed by atoms with Gasteiger partial charge in [0.05, 0.1) is 11.5 Å². The van der Waals surface area contributed by atoms with Gasteiger partial charge in [0.2, 0.25) is 10.0 Å². The van der Waals surface area contributed by atoms with Crippen molar-refractivity contribution < 1.29 is 22.3 Å². The van der Waals surface area contributed by atoms with E-state index in [1.54, 1.807) is 0 Å². The van der Waals surface area contributed by atoms with Crippen LogP contribution in [0.2, 0.25) is 0 Å². The lowest BCUT2D eigenvalue weighted by molar-refractivity contribution is 0.240. The molecule has 1 atom stereocenters. The molecule has 0 heterocycles. The largest absolute Gasteiger partial charge is 0.395 e. The second-order valence-electron chi connectivity index (χ2n) is 4.74. The summed E-state index contributed by atoms with van der Waals surface area (Å²) in [6, 6.07) is 1.37. The zero-order valence-corrected chi connectivity index (χ0v) is 11.5. The summed E-state index contributed by atoms with van der Waals surface area (Å²) in [6.45, 7) is 3.37. The summed E-state index contributed by atoms with van der Waals surface area (Å²) in [7, 11) is -4.05. The summed E-state index contributed by atoms with van der Waals surface area (Å²) in [5.41, 5.74) is 0. The van der Waals surface area contributed by atoms with E-state index >= 15 is 0 Å². The number of hydrogen-bond acceptors (Lipinski definition) is 3. The highest BCUT2D eigenvalue weighted by Crippen LogP contribution is 2.15. The van der Waals surface area contributed by atoms with E-state index < -0.39 is 32.6 Å². The van der Waals surface area contributed by atoms with E-state index in [0.717, 1.165) is 12.1 Å². The zero-order chi connectivity index (χ0) is 14.6. The van der Waals surface area contributed by atoms with Gasteiger partial charge in [0.1, 0.15) is 11.6 Å². The lowest BCUT2D eigenvalue weighted by atomic mass is 10.1. The van der Waals surface area contributed by atoms with E-state index in [1.807, 2.05) is 13.8 Å². The summed E-state index contributed by atoms with van der Waals surface area (Å²) in [5, 5.41) is 9.12. The third-order valence-corrected chi connectivity index (χ3v) is 3.94. The Kier molecular flexibility index (Phi) is 5.39. The van der Waals surface area contributed by atoms with Gasteiger partial charge >= 0.3 is 0 Å². The molecule has 1 aromatic carbocycles. The first-order valence-corrected chi connectivity index (χ1v) is 7.32. The molecule has 0 aliphatic heterocycles. The molecule has 1 unspecified atom stereocenters. The van der Waals surface area contributed by atoms with Crippen molar-refractivity contribution in [3.63, 3.8) is 0 Å². The molecule has 0 aromatic heterocycles. The van der Waals surface area contributed by atoms with Crippen LogP contribution in [-0.2, 0) is 10.0 Å². The molecule has 108 valence electrons. The predicted molar refractivity (Wildman–Crippen MR) is 67.0 cm³/mol. The highest BCUT2D eigenvalue weighted by atomic mass is 32.2. The van der Waals surface area contributed by atoms with E-state index in [4.69, 9.17) is 5.11 Å². The van der Waals surface area contributed by atoms with Crippen molar-refractivity contribution in [3.8, 4) is 0 Å². The zero-order valence-electron chi connectivity index (χ0n) is 10.7. The third-order valence-electron chi connectivity index (χ3n) is 2.44. The first-order valence-electron chi connectivity index (χ1n) is 5.84. The lowest BCUT2D eigenvalue weighted by Crippen LogP contribution is -2.38. The van der Waals surface area contributed by atoms with Gasteiger partial charge in [0.15, 0.2) is 0 Å². The fraction of sp³-hybridized carbons (Fsp3) is 0.500. The summed E-state index contributed by atoms with van der Waals surface area (Å²) >= 11 is 0. The minimum Gasteiger partial charge on any atom is -0.395 e. The van der Waals surface area contributed by atoms with Gasteiger partial charge in [0.25, 0.3) is 0 Å². The molecule has 0 aliphatic rings. The molecule has 0 amide bonds. The lowest BCUT2D eigenvalue weighted by Gasteiger charge is -2.18. The van der Waals surface area contributed by atoms with Gasteiger partial charge in [0, 0.05) is 12.1 Å². The van der Waals surface area contributed by atoms with Crippen molar-refractivity contribution in [1.82, 2.24) is 4.72 Å². The monoisotopic (exact) mass is 293 g/mol. The predicted octanol–water partition coefficient (Wildman–Crippen LogP) is 1.65. The van der Waals surface area contributed by atoms with Gasteiger partial charge in [-0.3, -0.25) is 0 Å². The molecule has 19 heavy (non-hydrogen) atoms. The molecule has 0 saturated carbocycles. The number of sulfonamides is 1. The number of nitrogens with one attached hydrogen (secondary N) is 1. The molecule has 0 radical (unpaired) electrons. The number of aliphatic hydroxyl groups is 1. The van der Waals surface area contributed by atoms with Crippen molar-refractivity contribution in [1.29, 1.82) is 0 Å². The molecule has 4 nitrogen and oxygen atoms in total.